The van der Waals surface area contributed by atoms with Crippen LogP contribution in [0, 0.1) is 6.92 Å². The number of hydrogen-bond acceptors (Lipinski definition) is 8. The second-order valence-electron chi connectivity index (χ2n) is 7.58. The molecule has 0 saturated heterocycles. The molecule has 0 radical (unpaired) electrons. The molecule has 3 aromatic carbocycles. The van der Waals surface area contributed by atoms with E-state index in [1.807, 2.05) is 0 Å². The van der Waals surface area contributed by atoms with Crippen molar-refractivity contribution in [1.29, 1.82) is 0 Å². The molecule has 1 heterocycles. The summed E-state index contributed by atoms with van der Waals surface area (Å²) in [5.74, 6) is 1.94. The van der Waals surface area contributed by atoms with Crippen molar-refractivity contribution in [2.24, 2.45) is 0 Å². The van der Waals surface area contributed by atoms with Gasteiger partial charge in [0.05, 0.1) is 39.6 Å². The van der Waals surface area contributed by atoms with Gasteiger partial charge in [-0.1, -0.05) is 6.07 Å². The quantitative estimate of drug-likeness (QED) is 0.271. The lowest BCUT2D eigenvalue weighted by Gasteiger charge is -2.12. The van der Waals surface area contributed by atoms with Crippen LogP contribution in [0.1, 0.15) is 31.8 Å². The van der Waals surface area contributed by atoms with Crippen molar-refractivity contribution in [2.45, 2.75) is 6.92 Å². The number of fused-ring (bicyclic) bond motifs is 1. The third-order valence-electron chi connectivity index (χ3n) is 5.56. The minimum absolute atomic E-state index is 0.152. The van der Waals surface area contributed by atoms with Crippen molar-refractivity contribution in [1.82, 2.24) is 0 Å². The molecule has 3 aromatic rings. The summed E-state index contributed by atoms with van der Waals surface area (Å²) >= 11 is 0. The number of ether oxygens (including phenoxy) is 6. The monoisotopic (exact) mass is 476 g/mol. The summed E-state index contributed by atoms with van der Waals surface area (Å²) in [7, 11) is 6.09. The molecule has 1 aliphatic rings. The molecule has 0 N–H and O–H groups in total. The van der Waals surface area contributed by atoms with Gasteiger partial charge in [0, 0.05) is 5.56 Å². The van der Waals surface area contributed by atoms with Gasteiger partial charge in [-0.15, -0.1) is 0 Å². The van der Waals surface area contributed by atoms with Gasteiger partial charge in [-0.2, -0.15) is 0 Å². The van der Waals surface area contributed by atoms with Crippen molar-refractivity contribution in [2.75, 3.05) is 28.4 Å². The molecule has 0 amide bonds. The minimum atomic E-state index is -0.584. The van der Waals surface area contributed by atoms with Gasteiger partial charge in [0.2, 0.25) is 5.78 Å². The van der Waals surface area contributed by atoms with E-state index in [2.05, 4.69) is 0 Å². The summed E-state index contributed by atoms with van der Waals surface area (Å²) in [4.78, 5) is 25.7. The van der Waals surface area contributed by atoms with Gasteiger partial charge in [-0.25, -0.2) is 4.79 Å². The van der Waals surface area contributed by atoms with E-state index in [0.29, 0.717) is 45.4 Å². The van der Waals surface area contributed by atoms with Gasteiger partial charge in [0.25, 0.3) is 0 Å². The zero-order chi connectivity index (χ0) is 25.1. The van der Waals surface area contributed by atoms with Crippen LogP contribution in [-0.2, 0) is 0 Å². The maximum absolute atomic E-state index is 12.9. The Morgan fingerprint density at radius 2 is 1.37 bits per heavy atom. The van der Waals surface area contributed by atoms with Gasteiger partial charge in [-0.05, 0) is 61.0 Å². The lowest BCUT2D eigenvalue weighted by molar-refractivity contribution is 0.0732. The first-order valence-electron chi connectivity index (χ1n) is 10.6. The zero-order valence-electron chi connectivity index (χ0n) is 20.0. The standard InChI is InChI=1S/C27H24O8/c1-15-19(35-27(29)17-7-10-21(31-3)23(14-17)33-5)11-8-18-25(28)24(34-26(15)18)13-16-6-9-20(30-2)22(12-16)32-4/h6-14H,1-5H3/b24-13-. The van der Waals surface area contributed by atoms with E-state index >= 15 is 0 Å². The number of carbonyl (C=O) groups excluding carboxylic acids is 2. The van der Waals surface area contributed by atoms with Gasteiger partial charge < -0.3 is 28.4 Å². The number of carbonyl (C=O) groups is 2. The highest BCUT2D eigenvalue weighted by molar-refractivity contribution is 6.15. The van der Waals surface area contributed by atoms with Crippen molar-refractivity contribution < 1.29 is 38.0 Å². The van der Waals surface area contributed by atoms with Crippen LogP contribution in [-0.4, -0.2) is 40.2 Å². The molecule has 0 spiro atoms. The maximum Gasteiger partial charge on any atom is 0.343 e. The van der Waals surface area contributed by atoms with Gasteiger partial charge in [0.1, 0.15) is 11.5 Å². The molecule has 0 aromatic heterocycles. The summed E-state index contributed by atoms with van der Waals surface area (Å²) < 4.78 is 32.5. The largest absolute Gasteiger partial charge is 0.493 e. The van der Waals surface area contributed by atoms with Crippen LogP contribution < -0.4 is 28.4 Å². The van der Waals surface area contributed by atoms with E-state index in [0.717, 1.165) is 0 Å². The van der Waals surface area contributed by atoms with Crippen molar-refractivity contribution in [3.63, 3.8) is 0 Å². The summed E-state index contributed by atoms with van der Waals surface area (Å²) in [6.45, 7) is 1.72. The molecule has 4 rings (SSSR count). The van der Waals surface area contributed by atoms with Gasteiger partial charge in [-0.3, -0.25) is 4.79 Å². The fourth-order valence-corrected chi connectivity index (χ4v) is 3.69. The van der Waals surface area contributed by atoms with E-state index < -0.39 is 5.97 Å². The summed E-state index contributed by atoms with van der Waals surface area (Å²) in [6, 6.07) is 13.2. The molecule has 8 nitrogen and oxygen atoms in total. The van der Waals surface area contributed by atoms with E-state index in [4.69, 9.17) is 28.4 Å². The van der Waals surface area contributed by atoms with Gasteiger partial charge in [0.15, 0.2) is 28.8 Å². The van der Waals surface area contributed by atoms with Crippen LogP contribution in [0.4, 0.5) is 0 Å². The molecule has 0 atom stereocenters. The van der Waals surface area contributed by atoms with Crippen LogP contribution in [0.5, 0.6) is 34.5 Å². The van der Waals surface area contributed by atoms with Gasteiger partial charge >= 0.3 is 5.97 Å². The lowest BCUT2D eigenvalue weighted by atomic mass is 10.1. The molecular formula is C27H24O8. The Hall–Kier alpha value is -4.46. The molecule has 0 fully saturated rings. The minimum Gasteiger partial charge on any atom is -0.493 e. The average molecular weight is 476 g/mol. The Kier molecular flexibility index (Phi) is 6.64. The first-order chi connectivity index (χ1) is 16.9. The Bertz CT molecular complexity index is 1340. The summed E-state index contributed by atoms with van der Waals surface area (Å²) in [5, 5.41) is 0. The smallest absolute Gasteiger partial charge is 0.343 e. The molecule has 8 heteroatoms. The number of Topliss-reactive ketones (excluding diaryl/α,β-unsaturated/α-hetero) is 1. The number of methoxy groups -OCH3 is 4. The Morgan fingerprint density at radius 3 is 2.03 bits per heavy atom. The highest BCUT2D eigenvalue weighted by atomic mass is 16.5. The highest BCUT2D eigenvalue weighted by Gasteiger charge is 2.30. The number of hydrogen-bond donors (Lipinski definition) is 0. The van der Waals surface area contributed by atoms with Crippen LogP contribution >= 0.6 is 0 Å². The lowest BCUT2D eigenvalue weighted by Crippen LogP contribution is -2.10. The molecular weight excluding hydrogens is 452 g/mol. The van der Waals surface area contributed by atoms with Crippen LogP contribution in [0.25, 0.3) is 6.08 Å². The molecule has 0 unspecified atom stereocenters. The molecule has 180 valence electrons. The first-order valence-corrected chi connectivity index (χ1v) is 10.6. The molecule has 1 aliphatic heterocycles. The topological polar surface area (TPSA) is 89.5 Å². The molecule has 35 heavy (non-hydrogen) atoms. The predicted octanol–water partition coefficient (Wildman–Crippen LogP) is 4.86. The summed E-state index contributed by atoms with van der Waals surface area (Å²) in [6.07, 6.45) is 1.62. The fourth-order valence-electron chi connectivity index (χ4n) is 3.69. The number of esters is 1. The van der Waals surface area contributed by atoms with Crippen molar-refractivity contribution in [3.8, 4) is 34.5 Å². The Morgan fingerprint density at radius 1 is 0.771 bits per heavy atom. The Labute approximate surface area is 202 Å². The van der Waals surface area contributed by atoms with Crippen LogP contribution in [0.3, 0.4) is 0 Å². The number of benzene rings is 3. The van der Waals surface area contributed by atoms with Crippen molar-refractivity contribution in [3.05, 3.63) is 76.5 Å². The number of rotatable bonds is 7. The van der Waals surface area contributed by atoms with E-state index in [-0.39, 0.29) is 22.9 Å². The molecule has 0 bridgehead atoms. The zero-order valence-corrected chi connectivity index (χ0v) is 20.0. The SMILES string of the molecule is COc1ccc(/C=C2\Oc3c(ccc(OC(=O)c4ccc(OC)c(OC)c4)c3C)C2=O)cc1OC. The second kappa shape index (κ2) is 9.80. The first kappa shape index (κ1) is 23.7. The Balaban J connectivity index is 1.59. The number of allylic oxidation sites excluding steroid dienone is 1. The predicted molar refractivity (Wildman–Crippen MR) is 128 cm³/mol. The average Bonchev–Trinajstić information content (AvgIpc) is 3.20. The van der Waals surface area contributed by atoms with Crippen LogP contribution in [0.15, 0.2) is 54.3 Å². The van der Waals surface area contributed by atoms with E-state index in [1.165, 1.54) is 27.4 Å². The number of ketones is 1. The van der Waals surface area contributed by atoms with E-state index in [1.54, 1.807) is 62.6 Å². The van der Waals surface area contributed by atoms with Crippen molar-refractivity contribution >= 4 is 17.8 Å². The molecule has 0 aliphatic carbocycles. The third kappa shape index (κ3) is 4.50. The maximum atomic E-state index is 12.9. The normalized spacial score (nSPS) is 13.2. The molecule has 0 saturated carbocycles. The third-order valence-corrected chi connectivity index (χ3v) is 5.56. The highest BCUT2D eigenvalue weighted by Crippen LogP contribution is 2.40. The van der Waals surface area contributed by atoms with Crippen LogP contribution in [0.2, 0.25) is 0 Å². The fraction of sp³-hybridized carbons (Fsp3) is 0.185. The summed E-state index contributed by atoms with van der Waals surface area (Å²) in [5.41, 5.74) is 1.91. The second-order valence-corrected chi connectivity index (χ2v) is 7.58. The van der Waals surface area contributed by atoms with E-state index in [9.17, 15) is 9.59 Å².